The Morgan fingerprint density at radius 2 is 2.06 bits per heavy atom. The van der Waals surface area contributed by atoms with E-state index in [0.29, 0.717) is 19.8 Å². The monoisotopic (exact) mass is 313 g/mol. The second kappa shape index (κ2) is 6.31. The summed E-state index contributed by atoms with van der Waals surface area (Å²) >= 11 is 3.42. The molecule has 1 atom stereocenters. The predicted octanol–water partition coefficient (Wildman–Crippen LogP) is 1.95. The Morgan fingerprint density at radius 1 is 1.39 bits per heavy atom. The third kappa shape index (κ3) is 3.31. The van der Waals surface area contributed by atoms with E-state index >= 15 is 0 Å². The maximum atomic E-state index is 11.4. The number of carbonyl (C=O) groups is 1. The lowest BCUT2D eigenvalue weighted by Gasteiger charge is -2.29. The van der Waals surface area contributed by atoms with E-state index < -0.39 is 11.9 Å². The summed E-state index contributed by atoms with van der Waals surface area (Å²) in [7, 11) is 0. The molecule has 0 bridgehead atoms. The van der Waals surface area contributed by atoms with E-state index in [9.17, 15) is 9.90 Å². The summed E-state index contributed by atoms with van der Waals surface area (Å²) < 4.78 is 6.13. The maximum absolute atomic E-state index is 11.4. The fourth-order valence-corrected chi connectivity index (χ4v) is 2.67. The molecule has 1 N–H and O–H groups in total. The van der Waals surface area contributed by atoms with Crippen molar-refractivity contribution in [2.24, 2.45) is 0 Å². The zero-order valence-corrected chi connectivity index (χ0v) is 11.6. The summed E-state index contributed by atoms with van der Waals surface area (Å²) in [5, 5.41) is 9.40. The number of carboxylic acid groups (broad SMARTS) is 1. The molecule has 1 heterocycles. The van der Waals surface area contributed by atoms with Gasteiger partial charge in [0.15, 0.2) is 0 Å². The van der Waals surface area contributed by atoms with Gasteiger partial charge >= 0.3 is 5.97 Å². The number of hydrogen-bond donors (Lipinski definition) is 1. The van der Waals surface area contributed by atoms with E-state index in [1.807, 2.05) is 24.3 Å². The molecule has 1 aromatic rings. The minimum Gasteiger partial charge on any atom is -0.481 e. The molecule has 2 rings (SSSR count). The van der Waals surface area contributed by atoms with Gasteiger partial charge in [-0.15, -0.1) is 0 Å². The van der Waals surface area contributed by atoms with Gasteiger partial charge in [-0.25, -0.2) is 0 Å². The summed E-state index contributed by atoms with van der Waals surface area (Å²) in [4.78, 5) is 13.6. The van der Waals surface area contributed by atoms with E-state index in [2.05, 4.69) is 20.8 Å². The van der Waals surface area contributed by atoms with E-state index in [1.165, 1.54) is 0 Å². The van der Waals surface area contributed by atoms with Gasteiger partial charge in [0.1, 0.15) is 0 Å². The van der Waals surface area contributed by atoms with Crippen LogP contribution in [0.15, 0.2) is 28.7 Å². The molecule has 1 unspecified atom stereocenters. The number of rotatable bonds is 4. The van der Waals surface area contributed by atoms with Gasteiger partial charge in [0.05, 0.1) is 19.1 Å². The molecule has 0 spiro atoms. The molecule has 1 aliphatic heterocycles. The molecule has 1 aliphatic rings. The fraction of sp³-hybridized carbons (Fsp3) is 0.462. The summed E-state index contributed by atoms with van der Waals surface area (Å²) in [6.07, 6.45) is 0. The number of aliphatic carboxylic acids is 1. The summed E-state index contributed by atoms with van der Waals surface area (Å²) in [6, 6.07) is 7.50. The SMILES string of the molecule is O=C(O)C(CN1CCOCC1)c1ccccc1Br. The van der Waals surface area contributed by atoms with Crippen LogP contribution >= 0.6 is 15.9 Å². The highest BCUT2D eigenvalue weighted by atomic mass is 79.9. The molecule has 98 valence electrons. The zero-order chi connectivity index (χ0) is 13.0. The van der Waals surface area contributed by atoms with Gasteiger partial charge in [-0.3, -0.25) is 9.69 Å². The second-order valence-electron chi connectivity index (χ2n) is 4.33. The quantitative estimate of drug-likeness (QED) is 0.923. The molecule has 5 heteroatoms. The van der Waals surface area contributed by atoms with Crippen molar-refractivity contribution in [1.29, 1.82) is 0 Å². The van der Waals surface area contributed by atoms with Crippen LogP contribution in [0.4, 0.5) is 0 Å². The molecule has 4 nitrogen and oxygen atoms in total. The molecular formula is C13H16BrNO3. The van der Waals surface area contributed by atoms with Crippen LogP contribution in [0, 0.1) is 0 Å². The number of halogens is 1. The van der Waals surface area contributed by atoms with Gasteiger partial charge in [-0.05, 0) is 11.6 Å². The van der Waals surface area contributed by atoms with E-state index in [4.69, 9.17) is 4.74 Å². The molecule has 18 heavy (non-hydrogen) atoms. The number of carboxylic acids is 1. The second-order valence-corrected chi connectivity index (χ2v) is 5.18. The maximum Gasteiger partial charge on any atom is 0.312 e. The van der Waals surface area contributed by atoms with Gasteiger partial charge in [-0.2, -0.15) is 0 Å². The molecule has 0 radical (unpaired) electrons. The average molecular weight is 314 g/mol. The lowest BCUT2D eigenvalue weighted by molar-refractivity contribution is -0.139. The third-order valence-electron chi connectivity index (χ3n) is 3.12. The number of ether oxygens (including phenoxy) is 1. The Hall–Kier alpha value is -0.910. The normalized spacial score (nSPS) is 18.5. The first-order valence-electron chi connectivity index (χ1n) is 5.96. The first-order chi connectivity index (χ1) is 8.68. The van der Waals surface area contributed by atoms with E-state index in [-0.39, 0.29) is 0 Å². The minimum absolute atomic E-state index is 0.501. The van der Waals surface area contributed by atoms with Crippen LogP contribution < -0.4 is 0 Å². The smallest absolute Gasteiger partial charge is 0.312 e. The van der Waals surface area contributed by atoms with Crippen LogP contribution in [0.1, 0.15) is 11.5 Å². The topological polar surface area (TPSA) is 49.8 Å². The largest absolute Gasteiger partial charge is 0.481 e. The van der Waals surface area contributed by atoms with Crippen LogP contribution in [0.25, 0.3) is 0 Å². The fourth-order valence-electron chi connectivity index (χ4n) is 2.11. The summed E-state index contributed by atoms with van der Waals surface area (Å²) in [5.41, 5.74) is 0.830. The van der Waals surface area contributed by atoms with Crippen LogP contribution in [0.3, 0.4) is 0 Å². The molecule has 1 fully saturated rings. The Labute approximate surface area is 115 Å². The first kappa shape index (κ1) is 13.5. The van der Waals surface area contributed by atoms with Crippen molar-refractivity contribution >= 4 is 21.9 Å². The van der Waals surface area contributed by atoms with Crippen molar-refractivity contribution in [2.45, 2.75) is 5.92 Å². The standard InChI is InChI=1S/C13H16BrNO3/c14-12-4-2-1-3-10(12)11(13(16)17)9-15-5-7-18-8-6-15/h1-4,11H,5-9H2,(H,16,17). The van der Waals surface area contributed by atoms with Gasteiger partial charge in [-0.1, -0.05) is 34.1 Å². The molecule has 0 saturated carbocycles. The summed E-state index contributed by atoms with van der Waals surface area (Å²) in [5.74, 6) is -1.29. The van der Waals surface area contributed by atoms with Gasteiger partial charge in [0, 0.05) is 24.1 Å². The minimum atomic E-state index is -0.784. The number of nitrogens with zero attached hydrogens (tertiary/aromatic N) is 1. The van der Waals surface area contributed by atoms with Crippen molar-refractivity contribution in [2.75, 3.05) is 32.8 Å². The van der Waals surface area contributed by atoms with E-state index in [0.717, 1.165) is 23.1 Å². The lowest BCUT2D eigenvalue weighted by atomic mass is 9.98. The van der Waals surface area contributed by atoms with Crippen LogP contribution in [-0.4, -0.2) is 48.8 Å². The molecule has 1 saturated heterocycles. The average Bonchev–Trinajstić information content (AvgIpc) is 2.38. The van der Waals surface area contributed by atoms with Crippen molar-refractivity contribution in [3.63, 3.8) is 0 Å². The van der Waals surface area contributed by atoms with Crippen molar-refractivity contribution in [3.05, 3.63) is 34.3 Å². The Balaban J connectivity index is 2.13. The van der Waals surface area contributed by atoms with Gasteiger partial charge < -0.3 is 9.84 Å². The number of benzene rings is 1. The first-order valence-corrected chi connectivity index (χ1v) is 6.75. The Kier molecular flexibility index (Phi) is 4.74. The Bertz CT molecular complexity index is 418. The highest BCUT2D eigenvalue weighted by molar-refractivity contribution is 9.10. The van der Waals surface area contributed by atoms with Crippen molar-refractivity contribution in [3.8, 4) is 0 Å². The highest BCUT2D eigenvalue weighted by Gasteiger charge is 2.25. The number of morpholine rings is 1. The third-order valence-corrected chi connectivity index (χ3v) is 3.85. The molecule has 1 aromatic carbocycles. The molecule has 0 aromatic heterocycles. The zero-order valence-electron chi connectivity index (χ0n) is 10.0. The number of hydrogen-bond acceptors (Lipinski definition) is 3. The highest BCUT2D eigenvalue weighted by Crippen LogP contribution is 2.26. The van der Waals surface area contributed by atoms with Gasteiger partial charge in [0.2, 0.25) is 0 Å². The molecular weight excluding hydrogens is 298 g/mol. The Morgan fingerprint density at radius 3 is 2.67 bits per heavy atom. The van der Waals surface area contributed by atoms with Crippen LogP contribution in [-0.2, 0) is 9.53 Å². The van der Waals surface area contributed by atoms with Crippen LogP contribution in [0.2, 0.25) is 0 Å². The van der Waals surface area contributed by atoms with Gasteiger partial charge in [0.25, 0.3) is 0 Å². The van der Waals surface area contributed by atoms with Crippen molar-refractivity contribution < 1.29 is 14.6 Å². The lowest BCUT2D eigenvalue weighted by Crippen LogP contribution is -2.40. The summed E-state index contributed by atoms with van der Waals surface area (Å²) in [6.45, 7) is 3.49. The predicted molar refractivity (Wildman–Crippen MR) is 71.8 cm³/mol. The van der Waals surface area contributed by atoms with Crippen molar-refractivity contribution in [1.82, 2.24) is 4.90 Å². The van der Waals surface area contributed by atoms with E-state index in [1.54, 1.807) is 0 Å². The van der Waals surface area contributed by atoms with Crippen LogP contribution in [0.5, 0.6) is 0 Å². The molecule has 0 amide bonds. The molecule has 0 aliphatic carbocycles.